The number of halogens is 2. The van der Waals surface area contributed by atoms with Gasteiger partial charge in [-0.25, -0.2) is 9.18 Å². The molecule has 0 N–H and O–H groups in total. The van der Waals surface area contributed by atoms with Gasteiger partial charge in [-0.3, -0.25) is 4.79 Å². The first-order chi connectivity index (χ1) is 13.4. The van der Waals surface area contributed by atoms with Gasteiger partial charge in [0.1, 0.15) is 28.6 Å². The first-order valence-corrected chi connectivity index (χ1v) is 8.55. The van der Waals surface area contributed by atoms with E-state index in [1.165, 1.54) is 38.3 Å². The minimum atomic E-state index is -0.871. The first kappa shape index (κ1) is 19.6. The van der Waals surface area contributed by atoms with Crippen LogP contribution in [0.1, 0.15) is 26.5 Å². The molecule has 2 aromatic carbocycles. The number of benzene rings is 2. The number of aryl methyl sites for hydroxylation is 1. The van der Waals surface area contributed by atoms with Gasteiger partial charge in [-0.05, 0) is 31.2 Å². The van der Waals surface area contributed by atoms with E-state index in [0.29, 0.717) is 11.3 Å². The lowest BCUT2D eigenvalue weighted by Gasteiger charge is -2.07. The minimum absolute atomic E-state index is 0.0646. The number of carbonyl (C=O) groups is 2. The predicted molar refractivity (Wildman–Crippen MR) is 99.3 cm³/mol. The number of ketones is 1. The number of aromatic nitrogens is 1. The van der Waals surface area contributed by atoms with E-state index in [-0.39, 0.29) is 27.6 Å². The Balaban J connectivity index is 1.82. The molecule has 1 heterocycles. The van der Waals surface area contributed by atoms with E-state index < -0.39 is 24.2 Å². The third-order valence-corrected chi connectivity index (χ3v) is 4.31. The highest BCUT2D eigenvalue weighted by molar-refractivity contribution is 6.33. The molecular weight excluding hydrogens is 389 g/mol. The summed E-state index contributed by atoms with van der Waals surface area (Å²) in [6, 6.07) is 10.5. The second kappa shape index (κ2) is 8.22. The van der Waals surface area contributed by atoms with E-state index in [1.54, 1.807) is 18.2 Å². The number of methoxy groups -OCH3 is 1. The van der Waals surface area contributed by atoms with Gasteiger partial charge in [-0.15, -0.1) is 0 Å². The smallest absolute Gasteiger partial charge is 0.344 e. The van der Waals surface area contributed by atoms with Crippen LogP contribution in [0.4, 0.5) is 4.39 Å². The Kier molecular flexibility index (Phi) is 5.75. The van der Waals surface area contributed by atoms with Crippen molar-refractivity contribution in [3.63, 3.8) is 0 Å². The Labute approximate surface area is 164 Å². The summed E-state index contributed by atoms with van der Waals surface area (Å²) < 4.78 is 29.4. The van der Waals surface area contributed by atoms with Crippen molar-refractivity contribution in [3.05, 3.63) is 70.2 Å². The molecule has 0 bridgehead atoms. The second-order valence-corrected chi connectivity index (χ2v) is 6.20. The summed E-state index contributed by atoms with van der Waals surface area (Å²) in [6.07, 6.45) is 0. The highest BCUT2D eigenvalue weighted by Gasteiger charge is 2.27. The van der Waals surface area contributed by atoms with E-state index >= 15 is 0 Å². The topological polar surface area (TPSA) is 78.6 Å². The van der Waals surface area contributed by atoms with Gasteiger partial charge in [0.15, 0.2) is 12.4 Å². The van der Waals surface area contributed by atoms with E-state index in [4.69, 9.17) is 25.6 Å². The number of hydrogen-bond donors (Lipinski definition) is 0. The molecule has 0 spiro atoms. The summed E-state index contributed by atoms with van der Waals surface area (Å²) in [4.78, 5) is 24.8. The summed E-state index contributed by atoms with van der Waals surface area (Å²) in [7, 11) is 1.48. The van der Waals surface area contributed by atoms with E-state index in [2.05, 4.69) is 5.16 Å². The van der Waals surface area contributed by atoms with Gasteiger partial charge >= 0.3 is 5.97 Å². The number of ether oxygens (including phenoxy) is 2. The number of esters is 1. The highest BCUT2D eigenvalue weighted by Crippen LogP contribution is 2.33. The van der Waals surface area contributed by atoms with Crippen molar-refractivity contribution in [2.45, 2.75) is 6.92 Å². The molecule has 8 heteroatoms. The highest BCUT2D eigenvalue weighted by atomic mass is 35.5. The van der Waals surface area contributed by atoms with Crippen molar-refractivity contribution in [2.75, 3.05) is 13.7 Å². The zero-order valence-corrected chi connectivity index (χ0v) is 15.7. The van der Waals surface area contributed by atoms with E-state index in [1.807, 2.05) is 0 Å². The molecule has 0 aliphatic rings. The maximum Gasteiger partial charge on any atom is 0.344 e. The quantitative estimate of drug-likeness (QED) is 0.445. The molecule has 0 saturated carbocycles. The number of rotatable bonds is 6. The fourth-order valence-electron chi connectivity index (χ4n) is 2.59. The molecule has 0 radical (unpaired) electrons. The van der Waals surface area contributed by atoms with Crippen LogP contribution < -0.4 is 4.74 Å². The van der Waals surface area contributed by atoms with Crippen LogP contribution >= 0.6 is 11.6 Å². The molecule has 3 aromatic rings. The third-order valence-electron chi connectivity index (χ3n) is 3.99. The van der Waals surface area contributed by atoms with Crippen LogP contribution in [0.5, 0.6) is 5.75 Å². The number of hydrogen-bond acceptors (Lipinski definition) is 6. The Hall–Kier alpha value is -3.19. The van der Waals surface area contributed by atoms with Crippen LogP contribution in [-0.2, 0) is 4.74 Å². The first-order valence-electron chi connectivity index (χ1n) is 8.17. The van der Waals surface area contributed by atoms with Crippen molar-refractivity contribution >= 4 is 23.4 Å². The van der Waals surface area contributed by atoms with Crippen LogP contribution in [0.2, 0.25) is 5.02 Å². The molecule has 0 saturated heterocycles. The largest absolute Gasteiger partial charge is 0.497 e. The van der Waals surface area contributed by atoms with Crippen LogP contribution in [0, 0.1) is 12.7 Å². The van der Waals surface area contributed by atoms with E-state index in [9.17, 15) is 14.0 Å². The molecule has 0 aliphatic heterocycles. The van der Waals surface area contributed by atoms with Gasteiger partial charge in [0.05, 0.1) is 17.7 Å². The molecule has 0 atom stereocenters. The molecule has 0 amide bonds. The zero-order valence-electron chi connectivity index (χ0n) is 15.0. The van der Waals surface area contributed by atoms with Crippen LogP contribution in [0.15, 0.2) is 47.0 Å². The Morgan fingerprint density at radius 3 is 2.68 bits per heavy atom. The van der Waals surface area contributed by atoms with Gasteiger partial charge in [0.25, 0.3) is 0 Å². The van der Waals surface area contributed by atoms with Crippen LogP contribution in [-0.4, -0.2) is 30.6 Å². The molecule has 0 aliphatic carbocycles. The van der Waals surface area contributed by atoms with Gasteiger partial charge in [-0.2, -0.15) is 0 Å². The summed E-state index contributed by atoms with van der Waals surface area (Å²) in [6.45, 7) is 0.965. The predicted octanol–water partition coefficient (Wildman–Crippen LogP) is 4.49. The van der Waals surface area contributed by atoms with E-state index in [0.717, 1.165) is 0 Å². The van der Waals surface area contributed by atoms with Crippen molar-refractivity contribution in [1.82, 2.24) is 5.16 Å². The normalized spacial score (nSPS) is 10.6. The average molecular weight is 404 g/mol. The molecular formula is C20H15ClFNO5. The Morgan fingerprint density at radius 1 is 1.21 bits per heavy atom. The number of nitrogens with zero attached hydrogens (tertiary/aromatic N) is 1. The lowest BCUT2D eigenvalue weighted by atomic mass is 10.1. The average Bonchev–Trinajstić information content (AvgIpc) is 3.07. The number of carbonyl (C=O) groups excluding carboxylic acids is 2. The molecule has 3 rings (SSSR count). The third kappa shape index (κ3) is 3.89. The minimum Gasteiger partial charge on any atom is -0.497 e. The lowest BCUT2D eigenvalue weighted by molar-refractivity contribution is 0.0473. The van der Waals surface area contributed by atoms with Crippen LogP contribution in [0.25, 0.3) is 11.3 Å². The zero-order chi connectivity index (χ0) is 20.3. The Bertz CT molecular complexity index is 1030. The summed E-state index contributed by atoms with van der Waals surface area (Å²) in [5, 5.41) is 3.80. The molecule has 28 heavy (non-hydrogen) atoms. The van der Waals surface area contributed by atoms with Crippen molar-refractivity contribution < 1.29 is 28.0 Å². The molecule has 0 fully saturated rings. The maximum absolute atomic E-state index is 14.2. The molecule has 1 aromatic heterocycles. The molecule has 0 unspecified atom stereocenters. The standard InChI is InChI=1S/C20H15ClFNO5/c1-11-17(19(23-28-11)18-14(21)7-4-8-15(18)22)20(25)27-10-16(24)12-5-3-6-13(9-12)26-2/h3-9H,10H2,1-2H3. The summed E-state index contributed by atoms with van der Waals surface area (Å²) in [5.41, 5.74) is 0.0727. The summed E-state index contributed by atoms with van der Waals surface area (Å²) >= 11 is 6.05. The van der Waals surface area contributed by atoms with Gasteiger partial charge in [-0.1, -0.05) is 35.0 Å². The number of Topliss-reactive ketones (excluding diaryl/α,β-unsaturated/α-hetero) is 1. The van der Waals surface area contributed by atoms with Crippen molar-refractivity contribution in [2.24, 2.45) is 0 Å². The van der Waals surface area contributed by atoms with Crippen molar-refractivity contribution in [1.29, 1.82) is 0 Å². The fourth-order valence-corrected chi connectivity index (χ4v) is 2.84. The Morgan fingerprint density at radius 2 is 1.96 bits per heavy atom. The lowest BCUT2D eigenvalue weighted by Crippen LogP contribution is -2.15. The summed E-state index contributed by atoms with van der Waals surface area (Å²) in [5.74, 6) is -1.34. The maximum atomic E-state index is 14.2. The van der Waals surface area contributed by atoms with Crippen molar-refractivity contribution in [3.8, 4) is 17.0 Å². The second-order valence-electron chi connectivity index (χ2n) is 5.79. The van der Waals surface area contributed by atoms with Gasteiger partial charge in [0.2, 0.25) is 0 Å². The monoisotopic (exact) mass is 403 g/mol. The molecule has 144 valence electrons. The molecule has 6 nitrogen and oxygen atoms in total. The fraction of sp³-hybridized carbons (Fsp3) is 0.150. The SMILES string of the molecule is COc1cccc(C(=O)COC(=O)c2c(-c3c(F)cccc3Cl)noc2C)c1. The van der Waals surface area contributed by atoms with Gasteiger partial charge < -0.3 is 14.0 Å². The van der Waals surface area contributed by atoms with Crippen LogP contribution in [0.3, 0.4) is 0 Å². The van der Waals surface area contributed by atoms with Gasteiger partial charge in [0, 0.05) is 5.56 Å².